The van der Waals surface area contributed by atoms with Crippen molar-refractivity contribution in [2.75, 3.05) is 5.43 Å². The lowest BCUT2D eigenvalue weighted by molar-refractivity contribution is -0.385. The largest absolute Gasteiger partial charge is 0.288 e. The van der Waals surface area contributed by atoms with Crippen LogP contribution in [0, 0.1) is 20.2 Å². The van der Waals surface area contributed by atoms with E-state index in [2.05, 4.69) is 10.5 Å². The molecule has 0 aromatic heterocycles. The summed E-state index contributed by atoms with van der Waals surface area (Å²) in [5.74, 6) is 0. The van der Waals surface area contributed by atoms with Crippen LogP contribution in [0.15, 0.2) is 47.6 Å². The Morgan fingerprint density at radius 1 is 1.09 bits per heavy atom. The van der Waals surface area contributed by atoms with Gasteiger partial charge in [0.25, 0.3) is 11.4 Å². The predicted octanol–water partition coefficient (Wildman–Crippen LogP) is 3.99. The lowest BCUT2D eigenvalue weighted by atomic mass is 10.1. The highest BCUT2D eigenvalue weighted by Gasteiger charge is 2.13. The summed E-state index contributed by atoms with van der Waals surface area (Å²) < 4.78 is 0. The van der Waals surface area contributed by atoms with E-state index in [4.69, 9.17) is 11.6 Å². The summed E-state index contributed by atoms with van der Waals surface area (Å²) in [5, 5.41) is 25.6. The van der Waals surface area contributed by atoms with Gasteiger partial charge in [-0.2, -0.15) is 5.10 Å². The van der Waals surface area contributed by atoms with Crippen LogP contribution >= 0.6 is 11.6 Å². The Hall–Kier alpha value is -3.00. The summed E-state index contributed by atoms with van der Waals surface area (Å²) in [6, 6.07) is 10.1. The molecule has 0 aliphatic rings. The zero-order valence-corrected chi connectivity index (χ0v) is 12.6. The van der Waals surface area contributed by atoms with Crippen molar-refractivity contribution in [1.82, 2.24) is 0 Å². The van der Waals surface area contributed by atoms with Gasteiger partial charge < -0.3 is 0 Å². The van der Waals surface area contributed by atoms with Crippen LogP contribution in [-0.2, 0) is 0 Å². The second kappa shape index (κ2) is 6.84. The van der Waals surface area contributed by atoms with E-state index >= 15 is 0 Å². The van der Waals surface area contributed by atoms with Gasteiger partial charge in [0.05, 0.1) is 21.2 Å². The third-order valence-corrected chi connectivity index (χ3v) is 3.31. The Morgan fingerprint density at radius 2 is 1.74 bits per heavy atom. The van der Waals surface area contributed by atoms with Crippen molar-refractivity contribution >= 4 is 34.4 Å². The summed E-state index contributed by atoms with van der Waals surface area (Å²) in [6.07, 6.45) is 0. The number of non-ortho nitro benzene ring substituents is 1. The number of nitro benzene ring substituents is 2. The van der Waals surface area contributed by atoms with Gasteiger partial charge in [-0.1, -0.05) is 17.7 Å². The number of hydrogen-bond donors (Lipinski definition) is 1. The fourth-order valence-electron chi connectivity index (χ4n) is 1.75. The number of nitrogens with zero attached hydrogens (tertiary/aromatic N) is 3. The van der Waals surface area contributed by atoms with E-state index in [9.17, 15) is 20.2 Å². The molecule has 0 fully saturated rings. The SMILES string of the molecule is C/C(=N\Nc1ccc([N+](=O)[O-])cc1)c1ccc(Cl)c([N+](=O)[O-])c1. The number of hydrogen-bond acceptors (Lipinski definition) is 6. The first-order chi connectivity index (χ1) is 10.9. The van der Waals surface area contributed by atoms with Crippen molar-refractivity contribution < 1.29 is 9.85 Å². The zero-order chi connectivity index (χ0) is 17.0. The fraction of sp³-hybridized carbons (Fsp3) is 0.0714. The van der Waals surface area contributed by atoms with E-state index in [0.29, 0.717) is 17.0 Å². The van der Waals surface area contributed by atoms with Crippen molar-refractivity contribution in [2.24, 2.45) is 5.10 Å². The van der Waals surface area contributed by atoms with Gasteiger partial charge in [0.1, 0.15) is 5.02 Å². The number of benzene rings is 2. The molecule has 0 aliphatic carbocycles. The highest BCUT2D eigenvalue weighted by Crippen LogP contribution is 2.25. The molecule has 0 atom stereocenters. The van der Waals surface area contributed by atoms with Gasteiger partial charge >= 0.3 is 0 Å². The molecule has 0 amide bonds. The van der Waals surface area contributed by atoms with E-state index in [1.807, 2.05) is 0 Å². The Morgan fingerprint density at radius 3 is 2.30 bits per heavy atom. The van der Waals surface area contributed by atoms with E-state index < -0.39 is 9.85 Å². The molecule has 2 aromatic carbocycles. The predicted molar refractivity (Wildman–Crippen MR) is 87.0 cm³/mol. The van der Waals surface area contributed by atoms with Crippen molar-refractivity contribution in [1.29, 1.82) is 0 Å². The van der Waals surface area contributed by atoms with Crippen LogP contribution in [0.3, 0.4) is 0 Å². The Labute approximate surface area is 135 Å². The number of anilines is 1. The molecule has 0 unspecified atom stereocenters. The molecule has 23 heavy (non-hydrogen) atoms. The standard InChI is InChI=1S/C14H11ClN4O4/c1-9(10-2-7-13(15)14(8-10)19(22)23)16-17-11-3-5-12(6-4-11)18(20)21/h2-8,17H,1H3/b16-9+. The Bertz CT molecular complexity index is 790. The monoisotopic (exact) mass is 334 g/mol. The zero-order valence-electron chi connectivity index (χ0n) is 11.9. The second-order valence-corrected chi connectivity index (χ2v) is 4.94. The van der Waals surface area contributed by atoms with Crippen molar-refractivity contribution in [2.45, 2.75) is 6.92 Å². The highest BCUT2D eigenvalue weighted by molar-refractivity contribution is 6.32. The number of hydrazone groups is 1. The quantitative estimate of drug-likeness (QED) is 0.504. The van der Waals surface area contributed by atoms with Gasteiger partial charge in [0.2, 0.25) is 0 Å². The molecule has 2 aromatic rings. The van der Waals surface area contributed by atoms with E-state index in [1.165, 1.54) is 36.4 Å². The van der Waals surface area contributed by atoms with Crippen molar-refractivity contribution in [3.05, 3.63) is 73.3 Å². The summed E-state index contributed by atoms with van der Waals surface area (Å²) in [7, 11) is 0. The molecule has 0 heterocycles. The molecule has 0 bridgehead atoms. The normalized spacial score (nSPS) is 11.1. The van der Waals surface area contributed by atoms with E-state index in [0.717, 1.165) is 0 Å². The molecule has 0 aliphatic heterocycles. The number of halogens is 1. The lowest BCUT2D eigenvalue weighted by Gasteiger charge is -2.04. The van der Waals surface area contributed by atoms with Crippen LogP contribution in [0.2, 0.25) is 5.02 Å². The third kappa shape index (κ3) is 4.01. The van der Waals surface area contributed by atoms with Gasteiger partial charge in [0.15, 0.2) is 0 Å². The van der Waals surface area contributed by atoms with E-state index in [-0.39, 0.29) is 16.4 Å². The minimum absolute atomic E-state index is 0.0235. The average molecular weight is 335 g/mol. The first-order valence-corrected chi connectivity index (χ1v) is 6.75. The Kier molecular flexibility index (Phi) is 4.87. The van der Waals surface area contributed by atoms with Gasteiger partial charge in [-0.15, -0.1) is 0 Å². The van der Waals surface area contributed by atoms with Crippen LogP contribution in [0.5, 0.6) is 0 Å². The fourth-order valence-corrected chi connectivity index (χ4v) is 1.93. The maximum atomic E-state index is 10.9. The van der Waals surface area contributed by atoms with E-state index in [1.54, 1.807) is 13.0 Å². The van der Waals surface area contributed by atoms with Crippen LogP contribution in [-0.4, -0.2) is 15.6 Å². The molecule has 1 N–H and O–H groups in total. The van der Waals surface area contributed by atoms with Crippen LogP contribution in [0.1, 0.15) is 12.5 Å². The van der Waals surface area contributed by atoms with Crippen molar-refractivity contribution in [3.8, 4) is 0 Å². The molecule has 9 heteroatoms. The molecule has 0 radical (unpaired) electrons. The van der Waals surface area contributed by atoms with Gasteiger partial charge in [-0.05, 0) is 25.1 Å². The van der Waals surface area contributed by atoms with Crippen LogP contribution in [0.4, 0.5) is 17.1 Å². The second-order valence-electron chi connectivity index (χ2n) is 4.54. The van der Waals surface area contributed by atoms with Gasteiger partial charge in [-0.25, -0.2) is 0 Å². The van der Waals surface area contributed by atoms with Gasteiger partial charge in [0, 0.05) is 23.8 Å². The molecular weight excluding hydrogens is 324 g/mol. The summed E-state index contributed by atoms with van der Waals surface area (Å²) in [4.78, 5) is 20.4. The molecular formula is C14H11ClN4O4. The average Bonchev–Trinajstić information content (AvgIpc) is 2.53. The minimum atomic E-state index is -0.567. The third-order valence-electron chi connectivity index (χ3n) is 2.99. The smallest absolute Gasteiger partial charge is 0.278 e. The minimum Gasteiger partial charge on any atom is -0.278 e. The lowest BCUT2D eigenvalue weighted by Crippen LogP contribution is -2.01. The van der Waals surface area contributed by atoms with Gasteiger partial charge in [-0.3, -0.25) is 25.7 Å². The maximum Gasteiger partial charge on any atom is 0.288 e. The number of nitrogens with one attached hydrogen (secondary N) is 1. The molecule has 8 nitrogen and oxygen atoms in total. The Balaban J connectivity index is 2.18. The molecule has 118 valence electrons. The first kappa shape index (κ1) is 16.4. The molecule has 0 spiro atoms. The van der Waals surface area contributed by atoms with Crippen molar-refractivity contribution in [3.63, 3.8) is 0 Å². The molecule has 0 saturated heterocycles. The molecule has 2 rings (SSSR count). The number of rotatable bonds is 5. The topological polar surface area (TPSA) is 111 Å². The number of nitro groups is 2. The maximum absolute atomic E-state index is 10.9. The highest BCUT2D eigenvalue weighted by atomic mass is 35.5. The summed E-state index contributed by atoms with van der Waals surface area (Å²) in [6.45, 7) is 1.67. The van der Waals surface area contributed by atoms with Crippen LogP contribution < -0.4 is 5.43 Å². The summed E-state index contributed by atoms with van der Waals surface area (Å²) >= 11 is 5.76. The summed E-state index contributed by atoms with van der Waals surface area (Å²) in [5.41, 5.74) is 4.11. The molecule has 0 saturated carbocycles. The first-order valence-electron chi connectivity index (χ1n) is 6.37. The van der Waals surface area contributed by atoms with Crippen LogP contribution in [0.25, 0.3) is 0 Å².